The minimum atomic E-state index is 0.667. The lowest BCUT2D eigenvalue weighted by atomic mass is 10.2. The third-order valence-corrected chi connectivity index (χ3v) is 3.62. The van der Waals surface area contributed by atoms with Gasteiger partial charge in [-0.1, -0.05) is 46.9 Å². The second kappa shape index (κ2) is 10.0. The molecule has 3 heteroatoms. The van der Waals surface area contributed by atoms with Crippen LogP contribution in [0.3, 0.4) is 0 Å². The van der Waals surface area contributed by atoms with Crippen LogP contribution in [0.1, 0.15) is 25.3 Å². The molecule has 0 amide bonds. The van der Waals surface area contributed by atoms with Crippen molar-refractivity contribution in [2.75, 3.05) is 13.7 Å². The molecular weight excluding hydrogens is 351 g/mol. The summed E-state index contributed by atoms with van der Waals surface area (Å²) in [6.07, 6.45) is 6.46. The van der Waals surface area contributed by atoms with Gasteiger partial charge in [0.2, 0.25) is 0 Å². The number of halogens is 1. The highest BCUT2D eigenvalue weighted by molar-refractivity contribution is 14.1. The molecule has 1 aromatic rings. The van der Waals surface area contributed by atoms with Crippen molar-refractivity contribution in [1.82, 2.24) is 0 Å². The third kappa shape index (κ3) is 7.38. The molecular formula is C16H21IO2. The maximum atomic E-state index is 5.64. The van der Waals surface area contributed by atoms with E-state index in [2.05, 4.69) is 45.7 Å². The first-order chi connectivity index (χ1) is 9.26. The van der Waals surface area contributed by atoms with Crippen molar-refractivity contribution in [3.05, 3.63) is 51.6 Å². The topological polar surface area (TPSA) is 18.5 Å². The normalized spacial score (nSPS) is 12.1. The van der Waals surface area contributed by atoms with Crippen LogP contribution in [0.2, 0.25) is 0 Å². The molecule has 0 bridgehead atoms. The molecule has 104 valence electrons. The summed E-state index contributed by atoms with van der Waals surface area (Å²) in [5.74, 6) is 0.882. The highest BCUT2D eigenvalue weighted by atomic mass is 127. The molecule has 0 fully saturated rings. The van der Waals surface area contributed by atoms with Crippen molar-refractivity contribution < 1.29 is 9.47 Å². The summed E-state index contributed by atoms with van der Waals surface area (Å²) in [6, 6.07) is 7.99. The number of benzene rings is 1. The molecule has 0 atom stereocenters. The minimum Gasteiger partial charge on any atom is -0.497 e. The van der Waals surface area contributed by atoms with E-state index >= 15 is 0 Å². The average Bonchev–Trinajstić information content (AvgIpc) is 2.46. The number of methoxy groups -OCH3 is 1. The summed E-state index contributed by atoms with van der Waals surface area (Å²) in [6.45, 7) is 3.56. The highest BCUT2D eigenvalue weighted by Gasteiger charge is 1.94. The maximum absolute atomic E-state index is 5.64. The fraction of sp³-hybridized carbons (Fsp3) is 0.375. The van der Waals surface area contributed by atoms with Gasteiger partial charge in [-0.05, 0) is 47.1 Å². The first-order valence-electron chi connectivity index (χ1n) is 6.40. The smallest absolute Gasteiger partial charge is 0.118 e. The molecule has 0 unspecified atom stereocenters. The third-order valence-electron chi connectivity index (χ3n) is 2.64. The zero-order valence-electron chi connectivity index (χ0n) is 11.6. The summed E-state index contributed by atoms with van der Waals surface area (Å²) in [5.41, 5.74) is 2.47. The monoisotopic (exact) mass is 372 g/mol. The first-order valence-corrected chi connectivity index (χ1v) is 7.65. The Morgan fingerprint density at radius 2 is 2.00 bits per heavy atom. The van der Waals surface area contributed by atoms with E-state index in [1.807, 2.05) is 24.3 Å². The van der Waals surface area contributed by atoms with Gasteiger partial charge in [-0.2, -0.15) is 0 Å². The van der Waals surface area contributed by atoms with E-state index in [1.165, 1.54) is 11.1 Å². The summed E-state index contributed by atoms with van der Waals surface area (Å²) < 4.78 is 12.8. The first kappa shape index (κ1) is 16.2. The summed E-state index contributed by atoms with van der Waals surface area (Å²) >= 11 is 2.25. The van der Waals surface area contributed by atoms with Gasteiger partial charge in [-0.15, -0.1) is 0 Å². The predicted octanol–water partition coefficient (Wildman–Crippen LogP) is 4.89. The van der Waals surface area contributed by atoms with E-state index in [4.69, 9.17) is 9.47 Å². The lowest BCUT2D eigenvalue weighted by molar-refractivity contribution is 0.119. The average molecular weight is 372 g/mol. The standard InChI is InChI=1S/C16H21IO2/c1-14(12-17)6-4-3-5-11-19-13-15-7-9-16(18-2)10-8-15/h4,6-10,12H,3,5,11,13H2,1-2H3/b6-4+,14-12+. The van der Waals surface area contributed by atoms with E-state index < -0.39 is 0 Å². The Morgan fingerprint density at radius 1 is 1.26 bits per heavy atom. The zero-order chi connectivity index (χ0) is 13.9. The zero-order valence-corrected chi connectivity index (χ0v) is 13.7. The van der Waals surface area contributed by atoms with Crippen LogP contribution in [0.15, 0.2) is 46.1 Å². The molecule has 0 aliphatic rings. The van der Waals surface area contributed by atoms with Crippen molar-refractivity contribution in [2.45, 2.75) is 26.4 Å². The van der Waals surface area contributed by atoms with Crippen molar-refractivity contribution in [3.63, 3.8) is 0 Å². The molecule has 1 aromatic carbocycles. The highest BCUT2D eigenvalue weighted by Crippen LogP contribution is 2.12. The van der Waals surface area contributed by atoms with Crippen LogP contribution in [-0.4, -0.2) is 13.7 Å². The van der Waals surface area contributed by atoms with Gasteiger partial charge in [-0.25, -0.2) is 0 Å². The van der Waals surface area contributed by atoms with Crippen LogP contribution < -0.4 is 4.74 Å². The van der Waals surface area contributed by atoms with E-state index in [0.717, 1.165) is 25.2 Å². The molecule has 0 aliphatic heterocycles. The fourth-order valence-electron chi connectivity index (χ4n) is 1.52. The lowest BCUT2D eigenvalue weighted by Gasteiger charge is -2.04. The summed E-state index contributed by atoms with van der Waals surface area (Å²) in [5, 5.41) is 0. The van der Waals surface area contributed by atoms with Crippen LogP contribution in [0.4, 0.5) is 0 Å². The molecule has 0 N–H and O–H groups in total. The number of ether oxygens (including phenoxy) is 2. The number of allylic oxidation sites excluding steroid dienone is 3. The molecule has 2 nitrogen and oxygen atoms in total. The predicted molar refractivity (Wildman–Crippen MR) is 88.8 cm³/mol. The molecule has 0 radical (unpaired) electrons. The SMILES string of the molecule is COc1ccc(COCCC/C=C/C(C)=C/I)cc1. The van der Waals surface area contributed by atoms with Crippen molar-refractivity contribution in [3.8, 4) is 5.75 Å². The number of hydrogen-bond acceptors (Lipinski definition) is 2. The molecule has 0 saturated heterocycles. The summed E-state index contributed by atoms with van der Waals surface area (Å²) in [7, 11) is 1.67. The van der Waals surface area contributed by atoms with Crippen LogP contribution in [0.25, 0.3) is 0 Å². The Hall–Kier alpha value is -0.810. The van der Waals surface area contributed by atoms with Crippen LogP contribution in [0.5, 0.6) is 5.75 Å². The molecule has 0 heterocycles. The van der Waals surface area contributed by atoms with Gasteiger partial charge in [-0.3, -0.25) is 0 Å². The van der Waals surface area contributed by atoms with Crippen molar-refractivity contribution in [1.29, 1.82) is 0 Å². The lowest BCUT2D eigenvalue weighted by Crippen LogP contribution is -1.95. The van der Waals surface area contributed by atoms with Crippen LogP contribution in [0, 0.1) is 0 Å². The molecule has 0 aromatic heterocycles. The Bertz CT molecular complexity index is 407. The van der Waals surface area contributed by atoms with E-state index in [1.54, 1.807) is 7.11 Å². The largest absolute Gasteiger partial charge is 0.497 e. The second-order valence-corrected chi connectivity index (χ2v) is 4.92. The van der Waals surface area contributed by atoms with E-state index in [0.29, 0.717) is 6.61 Å². The number of hydrogen-bond donors (Lipinski definition) is 0. The van der Waals surface area contributed by atoms with E-state index in [9.17, 15) is 0 Å². The van der Waals surface area contributed by atoms with Gasteiger partial charge in [0.15, 0.2) is 0 Å². The second-order valence-electron chi connectivity index (χ2n) is 4.30. The molecule has 0 spiro atoms. The Balaban J connectivity index is 2.12. The fourth-order valence-corrected chi connectivity index (χ4v) is 1.73. The van der Waals surface area contributed by atoms with Gasteiger partial charge in [0.1, 0.15) is 5.75 Å². The Morgan fingerprint density at radius 3 is 2.63 bits per heavy atom. The summed E-state index contributed by atoms with van der Waals surface area (Å²) in [4.78, 5) is 0. The Kier molecular flexibility index (Phi) is 8.58. The van der Waals surface area contributed by atoms with Gasteiger partial charge >= 0.3 is 0 Å². The van der Waals surface area contributed by atoms with E-state index in [-0.39, 0.29) is 0 Å². The van der Waals surface area contributed by atoms with Gasteiger partial charge in [0, 0.05) is 6.61 Å². The number of rotatable bonds is 8. The molecule has 0 saturated carbocycles. The van der Waals surface area contributed by atoms with Gasteiger partial charge in [0.05, 0.1) is 13.7 Å². The quantitative estimate of drug-likeness (QED) is 0.368. The number of unbranched alkanes of at least 4 members (excludes halogenated alkanes) is 1. The molecule has 1 rings (SSSR count). The van der Waals surface area contributed by atoms with Crippen molar-refractivity contribution in [2.24, 2.45) is 0 Å². The molecule has 0 aliphatic carbocycles. The molecule has 19 heavy (non-hydrogen) atoms. The van der Waals surface area contributed by atoms with Gasteiger partial charge in [0.25, 0.3) is 0 Å². The van der Waals surface area contributed by atoms with Crippen LogP contribution in [-0.2, 0) is 11.3 Å². The minimum absolute atomic E-state index is 0.667. The maximum Gasteiger partial charge on any atom is 0.118 e. The van der Waals surface area contributed by atoms with Crippen LogP contribution >= 0.6 is 22.6 Å². The van der Waals surface area contributed by atoms with Gasteiger partial charge < -0.3 is 9.47 Å². The Labute approximate surface area is 129 Å². The van der Waals surface area contributed by atoms with Crippen molar-refractivity contribution >= 4 is 22.6 Å².